The number of aromatic nitrogens is 1. The van der Waals surface area contributed by atoms with Crippen LogP contribution in [-0.4, -0.2) is 49.5 Å². The lowest BCUT2D eigenvalue weighted by molar-refractivity contribution is -0.384. The van der Waals surface area contributed by atoms with E-state index in [0.717, 1.165) is 26.8 Å². The Bertz CT molecular complexity index is 1290. The number of imide groups is 1. The maximum atomic E-state index is 13.1. The molecule has 1 saturated heterocycles. The van der Waals surface area contributed by atoms with Crippen molar-refractivity contribution in [3.63, 3.8) is 0 Å². The van der Waals surface area contributed by atoms with E-state index in [0.29, 0.717) is 3.95 Å². The van der Waals surface area contributed by atoms with Crippen LogP contribution in [0.1, 0.15) is 22.8 Å². The first-order chi connectivity index (χ1) is 15.8. The number of likely N-dealkylation sites (tertiary alicyclic amines) is 1. The van der Waals surface area contributed by atoms with Crippen LogP contribution in [-0.2, 0) is 14.4 Å². The van der Waals surface area contributed by atoms with E-state index in [1.165, 1.54) is 23.5 Å². The number of aromatic amines is 1. The van der Waals surface area contributed by atoms with Gasteiger partial charge >= 0.3 is 5.97 Å². The summed E-state index contributed by atoms with van der Waals surface area (Å²) in [4.78, 5) is 53.4. The minimum atomic E-state index is -1.20. The van der Waals surface area contributed by atoms with E-state index >= 15 is 0 Å². The van der Waals surface area contributed by atoms with Crippen molar-refractivity contribution >= 4 is 58.8 Å². The predicted molar refractivity (Wildman–Crippen MR) is 121 cm³/mol. The van der Waals surface area contributed by atoms with Gasteiger partial charge in [0.15, 0.2) is 3.95 Å². The summed E-state index contributed by atoms with van der Waals surface area (Å²) in [6.07, 6.45) is 0.745. The molecular weight excluding hydrogens is 486 g/mol. The van der Waals surface area contributed by atoms with Crippen molar-refractivity contribution in [1.29, 1.82) is 0 Å². The maximum absolute atomic E-state index is 13.1. The highest BCUT2D eigenvalue weighted by Gasteiger charge is 2.69. The second kappa shape index (κ2) is 7.21. The fraction of sp³-hybridized carbons (Fsp3) is 0.429. The molecule has 7 unspecified atom stereocenters. The van der Waals surface area contributed by atoms with Crippen molar-refractivity contribution in [2.75, 3.05) is 6.54 Å². The highest BCUT2D eigenvalue weighted by Crippen LogP contribution is 2.68. The van der Waals surface area contributed by atoms with Crippen molar-refractivity contribution < 1.29 is 24.4 Å². The molecule has 1 aromatic heterocycles. The summed E-state index contributed by atoms with van der Waals surface area (Å²) >= 11 is 8.55. The molecule has 2 amide bonds. The van der Waals surface area contributed by atoms with Crippen molar-refractivity contribution in [2.24, 2.45) is 29.6 Å². The summed E-state index contributed by atoms with van der Waals surface area (Å²) in [5, 5.41) is 21.4. The smallest absolute Gasteiger partial charge is 0.323 e. The van der Waals surface area contributed by atoms with E-state index < -0.39 is 29.3 Å². The Kier molecular flexibility index (Phi) is 4.59. The summed E-state index contributed by atoms with van der Waals surface area (Å²) in [6.45, 7) is -0.598. The van der Waals surface area contributed by atoms with E-state index in [2.05, 4.69) is 4.98 Å². The molecule has 2 aromatic rings. The third-order valence-electron chi connectivity index (χ3n) is 7.57. The number of aliphatic carboxylic acids is 1. The molecule has 1 aromatic carbocycles. The Labute approximate surface area is 200 Å². The molecule has 2 bridgehead atoms. The maximum Gasteiger partial charge on any atom is 0.323 e. The molecular formula is C21H17N3O6S3. The van der Waals surface area contributed by atoms with E-state index in [1.54, 1.807) is 23.9 Å². The summed E-state index contributed by atoms with van der Waals surface area (Å²) in [5.41, 5.74) is 0.932. The summed E-state index contributed by atoms with van der Waals surface area (Å²) in [5.74, 6) is -3.05. The number of thiazole rings is 1. The second-order valence-corrected chi connectivity index (χ2v) is 11.9. The molecule has 2 N–H and O–H groups in total. The second-order valence-electron chi connectivity index (χ2n) is 8.97. The van der Waals surface area contributed by atoms with E-state index in [4.69, 9.17) is 12.2 Å². The number of amides is 2. The standard InChI is InChI=1S/C21H17N3O6S3/c25-11(26)6-23-19(27)14-9-5-10(15(14)20(23)28)16-13(9)12(17-18(32-16)22-21(31)33-17)7-1-3-8(4-2-7)24(29)30/h1-4,9-10,12-16H,5-6H2,(H,22,31)(H,25,26). The number of nitrogens with one attached hydrogen (secondary N) is 1. The summed E-state index contributed by atoms with van der Waals surface area (Å²) in [6, 6.07) is 6.52. The van der Waals surface area contributed by atoms with Gasteiger partial charge in [0.1, 0.15) is 6.54 Å². The number of carbonyl (C=O) groups excluding carboxylic acids is 2. The van der Waals surface area contributed by atoms with Gasteiger partial charge in [-0.1, -0.05) is 12.1 Å². The van der Waals surface area contributed by atoms with E-state index in [9.17, 15) is 29.6 Å². The van der Waals surface area contributed by atoms with E-state index in [-0.39, 0.29) is 46.4 Å². The molecule has 0 spiro atoms. The van der Waals surface area contributed by atoms with Crippen LogP contribution in [0, 0.1) is 43.7 Å². The molecule has 2 aliphatic carbocycles. The van der Waals surface area contributed by atoms with Gasteiger partial charge in [-0.15, -0.1) is 23.1 Å². The number of benzene rings is 1. The highest BCUT2D eigenvalue weighted by molar-refractivity contribution is 8.00. The molecule has 2 aliphatic heterocycles. The number of thioether (sulfide) groups is 1. The molecule has 33 heavy (non-hydrogen) atoms. The zero-order valence-corrected chi connectivity index (χ0v) is 19.3. The van der Waals surface area contributed by atoms with Crippen LogP contribution in [0.25, 0.3) is 0 Å². The van der Waals surface area contributed by atoms with Gasteiger partial charge in [0, 0.05) is 28.2 Å². The first-order valence-corrected chi connectivity index (χ1v) is 12.6. The lowest BCUT2D eigenvalue weighted by Crippen LogP contribution is -2.42. The number of rotatable bonds is 4. The Morgan fingerprint density at radius 1 is 1.21 bits per heavy atom. The highest BCUT2D eigenvalue weighted by atomic mass is 32.2. The molecule has 4 aliphatic rings. The lowest BCUT2D eigenvalue weighted by Gasteiger charge is -2.43. The topological polar surface area (TPSA) is 134 Å². The number of nitro benzene ring substituents is 1. The molecule has 2 saturated carbocycles. The third-order valence-corrected chi connectivity index (χ3v) is 10.5. The molecule has 3 fully saturated rings. The number of hydrogen-bond acceptors (Lipinski definition) is 8. The van der Waals surface area contributed by atoms with Gasteiger partial charge in [0.25, 0.3) is 5.69 Å². The minimum absolute atomic E-state index is 0.0105. The fourth-order valence-electron chi connectivity index (χ4n) is 6.55. The molecule has 9 nitrogen and oxygen atoms in total. The Morgan fingerprint density at radius 2 is 1.88 bits per heavy atom. The average Bonchev–Trinajstić information content (AvgIpc) is 3.49. The number of H-pyrrole nitrogens is 1. The monoisotopic (exact) mass is 503 g/mol. The van der Waals surface area contributed by atoms with Gasteiger partial charge < -0.3 is 10.1 Å². The molecule has 3 heterocycles. The van der Waals surface area contributed by atoms with Crippen molar-refractivity contribution in [1.82, 2.24) is 9.88 Å². The van der Waals surface area contributed by atoms with Crippen LogP contribution in [0.3, 0.4) is 0 Å². The van der Waals surface area contributed by atoms with Gasteiger partial charge in [0.2, 0.25) is 11.8 Å². The Balaban J connectivity index is 1.44. The third kappa shape index (κ3) is 2.90. The van der Waals surface area contributed by atoms with Gasteiger partial charge in [-0.25, -0.2) is 0 Å². The van der Waals surface area contributed by atoms with Gasteiger partial charge in [0.05, 0.1) is 21.8 Å². The number of hydrogen-bond donors (Lipinski definition) is 2. The number of fused-ring (bicyclic) bond motifs is 9. The first kappa shape index (κ1) is 21.0. The van der Waals surface area contributed by atoms with Gasteiger partial charge in [-0.3, -0.25) is 29.4 Å². The molecule has 12 heteroatoms. The SMILES string of the molecule is O=C(O)CN1C(=O)C2C3CC(C2C1=O)C1C(c2ccc([N+](=O)[O-])cc2)c2sc(=S)[nH]c2SC31. The van der Waals surface area contributed by atoms with Crippen LogP contribution in [0.15, 0.2) is 29.3 Å². The Hall–Kier alpha value is -2.57. The molecule has 7 atom stereocenters. The number of nitro groups is 1. The number of carbonyl (C=O) groups is 3. The quantitative estimate of drug-likeness (QED) is 0.281. The number of non-ortho nitro benzene ring substituents is 1. The van der Waals surface area contributed by atoms with E-state index in [1.807, 2.05) is 0 Å². The molecule has 170 valence electrons. The minimum Gasteiger partial charge on any atom is -0.480 e. The number of carboxylic acids is 1. The summed E-state index contributed by atoms with van der Waals surface area (Å²) < 4.78 is 0.645. The van der Waals surface area contributed by atoms with Gasteiger partial charge in [-0.05, 0) is 42.0 Å². The summed E-state index contributed by atoms with van der Waals surface area (Å²) in [7, 11) is 0. The lowest BCUT2D eigenvalue weighted by atomic mass is 9.68. The number of nitrogens with zero attached hydrogens (tertiary/aromatic N) is 2. The fourth-order valence-corrected chi connectivity index (χ4v) is 9.88. The Morgan fingerprint density at radius 3 is 2.52 bits per heavy atom. The van der Waals surface area contributed by atoms with Crippen LogP contribution in [0.4, 0.5) is 5.69 Å². The van der Waals surface area contributed by atoms with Crippen LogP contribution < -0.4 is 0 Å². The largest absolute Gasteiger partial charge is 0.480 e. The normalized spacial score (nSPS) is 33.7. The predicted octanol–water partition coefficient (Wildman–Crippen LogP) is 3.27. The number of carboxylic acid groups (broad SMARTS) is 1. The zero-order valence-electron chi connectivity index (χ0n) is 16.9. The molecule has 6 rings (SSSR count). The van der Waals surface area contributed by atoms with Crippen LogP contribution in [0.5, 0.6) is 0 Å². The van der Waals surface area contributed by atoms with Gasteiger partial charge in [-0.2, -0.15) is 0 Å². The first-order valence-electron chi connectivity index (χ1n) is 10.5. The van der Waals surface area contributed by atoms with Crippen molar-refractivity contribution in [3.8, 4) is 0 Å². The van der Waals surface area contributed by atoms with Crippen molar-refractivity contribution in [3.05, 3.63) is 48.8 Å². The van der Waals surface area contributed by atoms with Crippen LogP contribution >= 0.6 is 35.3 Å². The van der Waals surface area contributed by atoms with Crippen molar-refractivity contribution in [2.45, 2.75) is 22.6 Å². The molecule has 0 radical (unpaired) electrons. The van der Waals surface area contributed by atoms with Crippen LogP contribution in [0.2, 0.25) is 0 Å². The zero-order chi connectivity index (χ0) is 23.2. The average molecular weight is 504 g/mol.